The summed E-state index contributed by atoms with van der Waals surface area (Å²) in [6.45, 7) is 25.0. The molecule has 0 heterocycles. The van der Waals surface area contributed by atoms with Crippen LogP contribution in [0.1, 0.15) is 116 Å². The van der Waals surface area contributed by atoms with Crippen molar-refractivity contribution in [2.24, 2.45) is 0 Å². The van der Waals surface area contributed by atoms with Crippen LogP contribution >= 0.6 is 16.5 Å². The molecule has 0 aliphatic rings. The van der Waals surface area contributed by atoms with Gasteiger partial charge in [0, 0.05) is 17.5 Å². The van der Waals surface area contributed by atoms with Crippen molar-refractivity contribution in [1.82, 2.24) is 0 Å². The van der Waals surface area contributed by atoms with E-state index in [9.17, 15) is 18.9 Å². The molecule has 8 heteroatoms. The first-order valence-corrected chi connectivity index (χ1v) is 15.2. The van der Waals surface area contributed by atoms with Gasteiger partial charge < -0.3 is 18.8 Å². The van der Waals surface area contributed by atoms with Crippen molar-refractivity contribution in [3.8, 4) is 11.5 Å². The lowest BCUT2D eigenvalue weighted by Gasteiger charge is -2.31. The second-order valence-electron chi connectivity index (χ2n) is 13.9. The largest absolute Gasteiger partial charge is 0.426 e. The molecule has 2 unspecified atom stereocenters. The van der Waals surface area contributed by atoms with E-state index >= 15 is 0 Å². The summed E-state index contributed by atoms with van der Waals surface area (Å²) >= 11 is 0. The van der Waals surface area contributed by atoms with Crippen LogP contribution in [0, 0.1) is 0 Å². The first-order valence-electron chi connectivity index (χ1n) is 12.7. The van der Waals surface area contributed by atoms with Crippen molar-refractivity contribution >= 4 is 16.5 Å². The molecule has 0 aliphatic heterocycles. The van der Waals surface area contributed by atoms with Crippen LogP contribution in [-0.4, -0.2) is 9.79 Å². The zero-order chi connectivity index (χ0) is 28.7. The van der Waals surface area contributed by atoms with Crippen LogP contribution in [-0.2, 0) is 37.2 Å². The van der Waals surface area contributed by atoms with E-state index in [4.69, 9.17) is 9.05 Å². The van der Waals surface area contributed by atoms with Crippen LogP contribution in [0.5, 0.6) is 11.5 Å². The quantitative estimate of drug-likeness (QED) is 0.353. The van der Waals surface area contributed by atoms with Crippen LogP contribution < -0.4 is 9.05 Å². The smallest absolute Gasteiger partial charge is 0.365 e. The molecule has 0 radical (unpaired) electrons. The fourth-order valence-corrected chi connectivity index (χ4v) is 5.07. The average Bonchev–Trinajstić information content (AvgIpc) is 2.65. The van der Waals surface area contributed by atoms with Gasteiger partial charge in [-0.25, -0.2) is 9.13 Å². The molecule has 2 rings (SSSR count). The minimum Gasteiger partial charge on any atom is -0.426 e. The molecule has 208 valence electrons. The molecule has 2 aromatic rings. The van der Waals surface area contributed by atoms with Gasteiger partial charge in [-0.1, -0.05) is 107 Å². The molecule has 0 saturated heterocycles. The Bertz CT molecular complexity index is 1100. The van der Waals surface area contributed by atoms with Gasteiger partial charge in [0.1, 0.15) is 11.5 Å². The van der Waals surface area contributed by atoms with Crippen LogP contribution in [0.25, 0.3) is 0 Å². The summed E-state index contributed by atoms with van der Waals surface area (Å²) < 4.78 is 35.2. The highest BCUT2D eigenvalue weighted by Gasteiger charge is 2.30. The molecule has 0 amide bonds. The zero-order valence-electron chi connectivity index (χ0n) is 24.5. The minimum absolute atomic E-state index is 0.183. The Hall–Kier alpha value is -1.58. The van der Waals surface area contributed by atoms with Crippen LogP contribution in [0.2, 0.25) is 0 Å². The number of hydrogen-bond acceptors (Lipinski definition) is 4. The summed E-state index contributed by atoms with van der Waals surface area (Å²) in [6, 6.07) is 8.14. The fourth-order valence-electron chi connectivity index (χ4n) is 4.24. The van der Waals surface area contributed by atoms with E-state index < -0.39 is 16.5 Å². The molecule has 0 aliphatic carbocycles. The molecule has 0 spiro atoms. The molecule has 2 atom stereocenters. The standard InChI is InChI=1S/C29H46O6P2/c1-26(2,3)20-14-18(24(34-36(30)31)22(16-20)28(7,8)9)13-19-15-21(27(4,5)6)17-23(29(10,11)12)25(19)35-37(32)33/h14-17,36-37H,13H2,1-12H3,(H,30,31)(H,32,33). The molecule has 0 bridgehead atoms. The highest BCUT2D eigenvalue weighted by atomic mass is 31.1. The summed E-state index contributed by atoms with van der Waals surface area (Å²) in [7, 11) is -6.57. The van der Waals surface area contributed by atoms with Gasteiger partial charge >= 0.3 is 16.5 Å². The van der Waals surface area contributed by atoms with Crippen molar-refractivity contribution in [3.63, 3.8) is 0 Å². The lowest BCUT2D eigenvalue weighted by Crippen LogP contribution is -2.20. The van der Waals surface area contributed by atoms with Crippen LogP contribution in [0.4, 0.5) is 0 Å². The van der Waals surface area contributed by atoms with Gasteiger partial charge in [0.15, 0.2) is 0 Å². The minimum atomic E-state index is -3.29. The molecular formula is C29H46O6P2. The Kier molecular flexibility index (Phi) is 9.31. The molecule has 0 aromatic heterocycles. The fraction of sp³-hybridized carbons (Fsp3) is 0.586. The van der Waals surface area contributed by atoms with Gasteiger partial charge in [-0.3, -0.25) is 0 Å². The SMILES string of the molecule is CC(C)(C)c1cc(Cc2cc(C(C)(C)C)cc(C(C)(C)C)c2O[PH](=O)O)c(O[PH](=O)O)c(C(C)(C)C)c1. The average molecular weight is 553 g/mol. The molecular weight excluding hydrogens is 506 g/mol. The van der Waals surface area contributed by atoms with Gasteiger partial charge in [0.2, 0.25) is 0 Å². The van der Waals surface area contributed by atoms with E-state index in [0.29, 0.717) is 17.9 Å². The molecule has 6 nitrogen and oxygen atoms in total. The van der Waals surface area contributed by atoms with Crippen molar-refractivity contribution < 1.29 is 28.0 Å². The third kappa shape index (κ3) is 8.20. The van der Waals surface area contributed by atoms with Gasteiger partial charge in [-0.2, -0.15) is 0 Å². The Balaban J connectivity index is 3.01. The molecule has 2 N–H and O–H groups in total. The van der Waals surface area contributed by atoms with E-state index in [1.54, 1.807) is 0 Å². The first-order chi connectivity index (χ1) is 16.5. The van der Waals surface area contributed by atoms with Gasteiger partial charge in [-0.15, -0.1) is 0 Å². The summed E-state index contributed by atoms with van der Waals surface area (Å²) in [5.41, 5.74) is 4.19. The van der Waals surface area contributed by atoms with Crippen LogP contribution in [0.15, 0.2) is 24.3 Å². The van der Waals surface area contributed by atoms with E-state index in [0.717, 1.165) is 33.4 Å². The van der Waals surface area contributed by atoms with E-state index in [2.05, 4.69) is 53.7 Å². The highest BCUT2D eigenvalue weighted by Crippen LogP contribution is 2.46. The van der Waals surface area contributed by atoms with Crippen LogP contribution in [0.3, 0.4) is 0 Å². The topological polar surface area (TPSA) is 93.1 Å². The highest BCUT2D eigenvalue weighted by molar-refractivity contribution is 7.32. The molecule has 0 saturated carbocycles. The number of benzene rings is 2. The maximum atomic E-state index is 12.0. The molecule has 37 heavy (non-hydrogen) atoms. The second-order valence-corrected chi connectivity index (χ2v) is 15.4. The number of rotatable bonds is 6. The monoisotopic (exact) mass is 552 g/mol. The molecule has 0 fully saturated rings. The third-order valence-corrected chi connectivity index (χ3v) is 7.20. The Labute approximate surface area is 224 Å². The maximum absolute atomic E-state index is 12.0. The van der Waals surface area contributed by atoms with Gasteiger partial charge in [-0.05, 0) is 43.9 Å². The lowest BCUT2D eigenvalue weighted by molar-refractivity contribution is 0.401. The summed E-state index contributed by atoms with van der Waals surface area (Å²) in [6.07, 6.45) is 0.301. The van der Waals surface area contributed by atoms with E-state index in [1.807, 2.05) is 53.7 Å². The van der Waals surface area contributed by atoms with Crippen molar-refractivity contribution in [1.29, 1.82) is 0 Å². The van der Waals surface area contributed by atoms with Crippen molar-refractivity contribution in [2.75, 3.05) is 0 Å². The predicted molar refractivity (Wildman–Crippen MR) is 154 cm³/mol. The normalized spacial score (nSPS) is 14.9. The predicted octanol–water partition coefficient (Wildman–Crippen LogP) is 7.99. The zero-order valence-corrected chi connectivity index (χ0v) is 26.5. The maximum Gasteiger partial charge on any atom is 0.365 e. The van der Waals surface area contributed by atoms with Crippen molar-refractivity contribution in [3.05, 3.63) is 57.6 Å². The van der Waals surface area contributed by atoms with Gasteiger partial charge in [0.25, 0.3) is 0 Å². The number of hydrogen-bond donors (Lipinski definition) is 2. The molecule has 2 aromatic carbocycles. The summed E-state index contributed by atoms with van der Waals surface area (Å²) in [5.74, 6) is 0.765. The van der Waals surface area contributed by atoms with E-state index in [-0.39, 0.29) is 21.7 Å². The van der Waals surface area contributed by atoms with Gasteiger partial charge in [0.05, 0.1) is 0 Å². The Morgan fingerprint density at radius 3 is 1.08 bits per heavy atom. The summed E-state index contributed by atoms with van der Waals surface area (Å²) in [4.78, 5) is 19.6. The van der Waals surface area contributed by atoms with E-state index in [1.165, 1.54) is 0 Å². The second kappa shape index (κ2) is 10.9. The third-order valence-electron chi connectivity index (χ3n) is 6.44. The Morgan fingerprint density at radius 2 is 0.865 bits per heavy atom. The Morgan fingerprint density at radius 1 is 0.568 bits per heavy atom. The summed E-state index contributed by atoms with van der Waals surface area (Å²) in [5, 5.41) is 0. The van der Waals surface area contributed by atoms with Crippen molar-refractivity contribution in [2.45, 2.75) is 111 Å². The first kappa shape index (κ1) is 31.6. The lowest BCUT2D eigenvalue weighted by atomic mass is 9.76.